The molecule has 1 aromatic carbocycles. The Balaban J connectivity index is 0.00000225. The van der Waals surface area contributed by atoms with Crippen molar-refractivity contribution in [3.05, 3.63) is 35.6 Å². The lowest BCUT2D eigenvalue weighted by Gasteiger charge is -2.43. The standard InChI is InChI=1S/C19H27FN2OS.ClH/c20-17-7-2-1-4-15(17)12-24-9-8-22-19(23)16-10-13-5-3-6-14(11-16)18(13)21;/h1-2,4,7,13-14,16,18H,3,5-6,8-12,21H2,(H,22,23);1H. The first-order chi connectivity index (χ1) is 11.6. The lowest BCUT2D eigenvalue weighted by atomic mass is 9.65. The molecule has 0 saturated heterocycles. The van der Waals surface area contributed by atoms with Gasteiger partial charge in [0.25, 0.3) is 0 Å². The molecule has 2 bridgehead atoms. The minimum absolute atomic E-state index is 0. The fourth-order valence-corrected chi connectivity index (χ4v) is 5.04. The minimum atomic E-state index is -0.154. The van der Waals surface area contributed by atoms with Gasteiger partial charge in [0, 0.05) is 30.0 Å². The molecule has 2 atom stereocenters. The van der Waals surface area contributed by atoms with Crippen molar-refractivity contribution in [3.63, 3.8) is 0 Å². The maximum absolute atomic E-state index is 13.5. The van der Waals surface area contributed by atoms with Crippen molar-refractivity contribution in [2.45, 2.75) is 43.9 Å². The first kappa shape index (κ1) is 20.5. The lowest BCUT2D eigenvalue weighted by molar-refractivity contribution is -0.127. The summed E-state index contributed by atoms with van der Waals surface area (Å²) in [6.07, 6.45) is 5.53. The zero-order valence-electron chi connectivity index (χ0n) is 14.5. The largest absolute Gasteiger partial charge is 0.355 e. The van der Waals surface area contributed by atoms with Gasteiger partial charge in [-0.05, 0) is 49.1 Å². The highest BCUT2D eigenvalue weighted by Gasteiger charge is 2.40. The Morgan fingerprint density at radius 1 is 1.24 bits per heavy atom. The topological polar surface area (TPSA) is 55.1 Å². The molecule has 1 amide bonds. The molecule has 2 saturated carbocycles. The highest BCUT2D eigenvalue weighted by Crippen LogP contribution is 2.41. The SMILES string of the molecule is Cl.NC1C2CCCC1CC(C(=O)NCCSCc1ccccc1F)C2. The van der Waals surface area contributed by atoms with Crippen molar-refractivity contribution >= 4 is 30.1 Å². The van der Waals surface area contributed by atoms with E-state index in [2.05, 4.69) is 5.32 Å². The molecule has 140 valence electrons. The number of hydrogen-bond acceptors (Lipinski definition) is 3. The number of amides is 1. The van der Waals surface area contributed by atoms with Gasteiger partial charge in [0.2, 0.25) is 5.91 Å². The van der Waals surface area contributed by atoms with Crippen LogP contribution in [0.2, 0.25) is 0 Å². The van der Waals surface area contributed by atoms with E-state index in [1.54, 1.807) is 17.8 Å². The predicted molar refractivity (Wildman–Crippen MR) is 104 cm³/mol. The molecule has 0 aromatic heterocycles. The number of nitrogens with two attached hydrogens (primary N) is 1. The molecule has 0 heterocycles. The van der Waals surface area contributed by atoms with E-state index >= 15 is 0 Å². The Morgan fingerprint density at radius 2 is 1.92 bits per heavy atom. The Bertz CT molecular complexity index is 560. The summed E-state index contributed by atoms with van der Waals surface area (Å²) in [7, 11) is 0. The van der Waals surface area contributed by atoms with Gasteiger partial charge in [-0.15, -0.1) is 12.4 Å². The molecule has 0 aliphatic heterocycles. The second-order valence-electron chi connectivity index (χ2n) is 7.13. The Hall–Kier alpha value is -0.780. The summed E-state index contributed by atoms with van der Waals surface area (Å²) in [5.74, 6) is 2.68. The van der Waals surface area contributed by atoms with Gasteiger partial charge in [-0.25, -0.2) is 4.39 Å². The number of halogens is 2. The van der Waals surface area contributed by atoms with E-state index in [4.69, 9.17) is 5.73 Å². The predicted octanol–water partition coefficient (Wildman–Crippen LogP) is 3.75. The van der Waals surface area contributed by atoms with Gasteiger partial charge in [0.15, 0.2) is 0 Å². The summed E-state index contributed by atoms with van der Waals surface area (Å²) in [5, 5.41) is 3.06. The molecule has 2 aliphatic rings. The minimum Gasteiger partial charge on any atom is -0.355 e. The molecular formula is C19H28ClFN2OS. The molecule has 1 aromatic rings. The van der Waals surface area contributed by atoms with E-state index in [0.29, 0.717) is 30.2 Å². The number of nitrogens with one attached hydrogen (secondary N) is 1. The van der Waals surface area contributed by atoms with Gasteiger partial charge in [-0.1, -0.05) is 24.6 Å². The third-order valence-electron chi connectivity index (χ3n) is 5.54. The highest BCUT2D eigenvalue weighted by molar-refractivity contribution is 7.98. The molecule has 6 heteroatoms. The molecule has 2 aliphatic carbocycles. The average molecular weight is 387 g/mol. The average Bonchev–Trinajstić information content (AvgIpc) is 2.55. The van der Waals surface area contributed by atoms with Crippen molar-refractivity contribution in [1.29, 1.82) is 0 Å². The highest BCUT2D eigenvalue weighted by atomic mass is 35.5. The van der Waals surface area contributed by atoms with Crippen LogP contribution in [0.1, 0.15) is 37.7 Å². The van der Waals surface area contributed by atoms with Crippen LogP contribution in [0.3, 0.4) is 0 Å². The van der Waals surface area contributed by atoms with Crippen LogP contribution in [0, 0.1) is 23.6 Å². The van der Waals surface area contributed by atoms with Crippen molar-refractivity contribution in [2.75, 3.05) is 12.3 Å². The van der Waals surface area contributed by atoms with Gasteiger partial charge < -0.3 is 11.1 Å². The van der Waals surface area contributed by atoms with Crippen LogP contribution in [-0.4, -0.2) is 24.2 Å². The summed E-state index contributed by atoms with van der Waals surface area (Å²) in [6, 6.07) is 7.16. The summed E-state index contributed by atoms with van der Waals surface area (Å²) in [4.78, 5) is 12.4. The van der Waals surface area contributed by atoms with Crippen LogP contribution in [-0.2, 0) is 10.5 Å². The smallest absolute Gasteiger partial charge is 0.223 e. The number of carbonyl (C=O) groups is 1. The second kappa shape index (κ2) is 9.79. The molecule has 3 N–H and O–H groups in total. The molecule has 2 fully saturated rings. The van der Waals surface area contributed by atoms with Crippen LogP contribution in [0.15, 0.2) is 24.3 Å². The van der Waals surface area contributed by atoms with Gasteiger partial charge in [-0.2, -0.15) is 11.8 Å². The molecule has 25 heavy (non-hydrogen) atoms. The van der Waals surface area contributed by atoms with E-state index in [-0.39, 0.29) is 30.0 Å². The second-order valence-corrected chi connectivity index (χ2v) is 8.24. The summed E-state index contributed by atoms with van der Waals surface area (Å²) >= 11 is 1.65. The van der Waals surface area contributed by atoms with Gasteiger partial charge in [-0.3, -0.25) is 4.79 Å². The number of carbonyl (C=O) groups excluding carboxylic acids is 1. The zero-order chi connectivity index (χ0) is 16.9. The fraction of sp³-hybridized carbons (Fsp3) is 0.632. The van der Waals surface area contributed by atoms with Crippen molar-refractivity contribution in [2.24, 2.45) is 23.5 Å². The molecule has 2 unspecified atom stereocenters. The third-order valence-corrected chi connectivity index (χ3v) is 6.55. The van der Waals surface area contributed by atoms with E-state index in [1.807, 2.05) is 12.1 Å². The third kappa shape index (κ3) is 5.35. The molecule has 0 spiro atoms. The fourth-order valence-electron chi connectivity index (χ4n) is 4.19. The molecular weight excluding hydrogens is 359 g/mol. The maximum atomic E-state index is 13.5. The Kier molecular flexibility index (Phi) is 8.04. The Labute approximate surface area is 160 Å². The van der Waals surface area contributed by atoms with Crippen LogP contribution >= 0.6 is 24.2 Å². The van der Waals surface area contributed by atoms with Gasteiger partial charge in [0.05, 0.1) is 0 Å². The van der Waals surface area contributed by atoms with Crippen molar-refractivity contribution in [1.82, 2.24) is 5.32 Å². The lowest BCUT2D eigenvalue weighted by Crippen LogP contribution is -2.49. The molecule has 0 radical (unpaired) electrons. The van der Waals surface area contributed by atoms with E-state index in [0.717, 1.165) is 24.2 Å². The van der Waals surface area contributed by atoms with E-state index < -0.39 is 0 Å². The van der Waals surface area contributed by atoms with Crippen molar-refractivity contribution < 1.29 is 9.18 Å². The van der Waals surface area contributed by atoms with Crippen LogP contribution < -0.4 is 11.1 Å². The quantitative estimate of drug-likeness (QED) is 0.732. The summed E-state index contributed by atoms with van der Waals surface area (Å²) in [6.45, 7) is 0.649. The monoisotopic (exact) mass is 386 g/mol. The number of fused-ring (bicyclic) bond motifs is 2. The number of benzene rings is 1. The molecule has 3 rings (SSSR count). The molecule has 3 nitrogen and oxygen atoms in total. The summed E-state index contributed by atoms with van der Waals surface area (Å²) < 4.78 is 13.5. The Morgan fingerprint density at radius 3 is 2.60 bits per heavy atom. The van der Waals surface area contributed by atoms with Gasteiger partial charge in [0.1, 0.15) is 5.82 Å². The van der Waals surface area contributed by atoms with Gasteiger partial charge >= 0.3 is 0 Å². The first-order valence-corrected chi connectivity index (χ1v) is 10.1. The normalized spacial score (nSPS) is 28.1. The van der Waals surface area contributed by atoms with Crippen LogP contribution in [0.25, 0.3) is 0 Å². The number of rotatable bonds is 6. The maximum Gasteiger partial charge on any atom is 0.223 e. The zero-order valence-corrected chi connectivity index (χ0v) is 16.1. The van der Waals surface area contributed by atoms with Crippen LogP contribution in [0.5, 0.6) is 0 Å². The van der Waals surface area contributed by atoms with Crippen molar-refractivity contribution in [3.8, 4) is 0 Å². The summed E-state index contributed by atoms with van der Waals surface area (Å²) in [5.41, 5.74) is 7.01. The number of thioether (sulfide) groups is 1. The number of hydrogen-bond donors (Lipinski definition) is 2. The van der Waals surface area contributed by atoms with E-state index in [9.17, 15) is 9.18 Å². The van der Waals surface area contributed by atoms with Crippen LogP contribution in [0.4, 0.5) is 4.39 Å². The van der Waals surface area contributed by atoms with E-state index in [1.165, 1.54) is 25.3 Å². The first-order valence-electron chi connectivity index (χ1n) is 8.99.